The molecule has 2 heterocycles. The summed E-state index contributed by atoms with van der Waals surface area (Å²) in [6, 6.07) is 5.77. The van der Waals surface area contributed by atoms with E-state index >= 15 is 0 Å². The van der Waals surface area contributed by atoms with Gasteiger partial charge in [0.1, 0.15) is 10.7 Å². The second kappa shape index (κ2) is 4.47. The van der Waals surface area contributed by atoms with Gasteiger partial charge in [0.25, 0.3) is 5.56 Å². The lowest BCUT2D eigenvalue weighted by molar-refractivity contribution is 1.07. The molecule has 0 fully saturated rings. The van der Waals surface area contributed by atoms with E-state index in [1.54, 1.807) is 6.92 Å². The van der Waals surface area contributed by atoms with Crippen molar-refractivity contribution in [3.05, 3.63) is 50.3 Å². The number of halogens is 1. The molecular formula is C14H11ClN2OS. The number of benzene rings is 1. The van der Waals surface area contributed by atoms with Crippen LogP contribution in [0, 0.1) is 13.8 Å². The molecule has 96 valence electrons. The Kier molecular flexibility index (Phi) is 2.92. The molecule has 3 nitrogen and oxygen atoms in total. The number of aromatic amines is 1. The van der Waals surface area contributed by atoms with E-state index in [2.05, 4.69) is 9.97 Å². The Morgan fingerprint density at radius 2 is 2.11 bits per heavy atom. The van der Waals surface area contributed by atoms with E-state index in [1.807, 2.05) is 30.5 Å². The largest absolute Gasteiger partial charge is 0.310 e. The average Bonchev–Trinajstić information content (AvgIpc) is 2.76. The highest BCUT2D eigenvalue weighted by Crippen LogP contribution is 2.32. The van der Waals surface area contributed by atoms with E-state index in [9.17, 15) is 4.79 Å². The van der Waals surface area contributed by atoms with E-state index in [0.29, 0.717) is 11.2 Å². The SMILES string of the molecule is Cc1nc2scc(-c3ccc(Cl)c(C)c3)c2c(=O)[nH]1. The fourth-order valence-electron chi connectivity index (χ4n) is 2.08. The summed E-state index contributed by atoms with van der Waals surface area (Å²) in [7, 11) is 0. The standard InChI is InChI=1S/C14H11ClN2OS/c1-7-5-9(3-4-11(7)15)10-6-19-14-12(10)13(18)16-8(2)17-14/h3-6H,1-2H3,(H,16,17,18). The minimum Gasteiger partial charge on any atom is -0.310 e. The Bertz CT molecular complexity index is 835. The Labute approximate surface area is 118 Å². The zero-order valence-electron chi connectivity index (χ0n) is 10.5. The summed E-state index contributed by atoms with van der Waals surface area (Å²) >= 11 is 7.52. The van der Waals surface area contributed by atoms with Crippen molar-refractivity contribution >= 4 is 33.2 Å². The zero-order chi connectivity index (χ0) is 13.6. The maximum absolute atomic E-state index is 12.1. The number of hydrogen-bond donors (Lipinski definition) is 1. The summed E-state index contributed by atoms with van der Waals surface area (Å²) in [5.74, 6) is 0.637. The van der Waals surface area contributed by atoms with Crippen LogP contribution in [0.3, 0.4) is 0 Å². The van der Waals surface area contributed by atoms with Crippen molar-refractivity contribution < 1.29 is 0 Å². The summed E-state index contributed by atoms with van der Waals surface area (Å²) in [5.41, 5.74) is 2.80. The lowest BCUT2D eigenvalue weighted by Gasteiger charge is -2.03. The quantitative estimate of drug-likeness (QED) is 0.738. The molecule has 2 aromatic heterocycles. The number of nitrogens with one attached hydrogen (secondary N) is 1. The molecule has 0 unspecified atom stereocenters. The van der Waals surface area contributed by atoms with Crippen molar-refractivity contribution in [2.75, 3.05) is 0 Å². The molecule has 0 amide bonds. The van der Waals surface area contributed by atoms with E-state index in [1.165, 1.54) is 11.3 Å². The minimum absolute atomic E-state index is 0.0913. The van der Waals surface area contributed by atoms with Crippen molar-refractivity contribution in [2.24, 2.45) is 0 Å². The Balaban J connectivity index is 2.31. The Morgan fingerprint density at radius 3 is 2.84 bits per heavy atom. The van der Waals surface area contributed by atoms with Crippen LogP contribution in [-0.2, 0) is 0 Å². The summed E-state index contributed by atoms with van der Waals surface area (Å²) in [6.45, 7) is 3.74. The second-order valence-corrected chi connectivity index (χ2v) is 5.71. The van der Waals surface area contributed by atoms with Gasteiger partial charge in [-0.15, -0.1) is 11.3 Å². The number of aryl methyl sites for hydroxylation is 2. The number of H-pyrrole nitrogens is 1. The molecule has 3 aromatic rings. The number of thiophene rings is 1. The number of fused-ring (bicyclic) bond motifs is 1. The molecule has 0 atom stereocenters. The maximum atomic E-state index is 12.1. The fraction of sp³-hybridized carbons (Fsp3) is 0.143. The van der Waals surface area contributed by atoms with Crippen LogP contribution in [0.1, 0.15) is 11.4 Å². The van der Waals surface area contributed by atoms with Gasteiger partial charge in [-0.3, -0.25) is 4.79 Å². The van der Waals surface area contributed by atoms with Gasteiger partial charge in [0, 0.05) is 16.0 Å². The first-order valence-electron chi connectivity index (χ1n) is 5.81. The highest BCUT2D eigenvalue weighted by Gasteiger charge is 2.12. The summed E-state index contributed by atoms with van der Waals surface area (Å²) in [5, 5.41) is 3.35. The van der Waals surface area contributed by atoms with Gasteiger partial charge in [0.2, 0.25) is 0 Å². The Hall–Kier alpha value is -1.65. The number of hydrogen-bond acceptors (Lipinski definition) is 3. The molecule has 0 aliphatic carbocycles. The summed E-state index contributed by atoms with van der Waals surface area (Å²) in [6.07, 6.45) is 0. The van der Waals surface area contributed by atoms with Gasteiger partial charge in [-0.2, -0.15) is 0 Å². The molecule has 0 aliphatic rings. The van der Waals surface area contributed by atoms with Crippen LogP contribution in [0.5, 0.6) is 0 Å². The first kappa shape index (κ1) is 12.4. The normalized spacial score (nSPS) is 11.1. The third-order valence-electron chi connectivity index (χ3n) is 3.03. The van der Waals surface area contributed by atoms with Crippen molar-refractivity contribution in [1.82, 2.24) is 9.97 Å². The highest BCUT2D eigenvalue weighted by atomic mass is 35.5. The first-order chi connectivity index (χ1) is 9.06. The minimum atomic E-state index is -0.0913. The third kappa shape index (κ3) is 2.07. The van der Waals surface area contributed by atoms with Crippen LogP contribution in [0.2, 0.25) is 5.02 Å². The zero-order valence-corrected chi connectivity index (χ0v) is 12.0. The van der Waals surface area contributed by atoms with Crippen molar-refractivity contribution in [1.29, 1.82) is 0 Å². The Morgan fingerprint density at radius 1 is 1.32 bits per heavy atom. The van der Waals surface area contributed by atoms with Gasteiger partial charge < -0.3 is 4.98 Å². The van der Waals surface area contributed by atoms with Crippen LogP contribution in [0.4, 0.5) is 0 Å². The lowest BCUT2D eigenvalue weighted by atomic mass is 10.0. The summed E-state index contributed by atoms with van der Waals surface area (Å²) in [4.78, 5) is 20.0. The van der Waals surface area contributed by atoms with E-state index in [4.69, 9.17) is 11.6 Å². The molecule has 3 rings (SSSR count). The number of rotatable bonds is 1. The molecule has 0 aliphatic heterocycles. The molecule has 0 bridgehead atoms. The fourth-order valence-corrected chi connectivity index (χ4v) is 3.19. The van der Waals surface area contributed by atoms with Gasteiger partial charge in [0.15, 0.2) is 0 Å². The van der Waals surface area contributed by atoms with Gasteiger partial charge in [-0.05, 0) is 37.1 Å². The van der Waals surface area contributed by atoms with Gasteiger partial charge >= 0.3 is 0 Å². The van der Waals surface area contributed by atoms with Crippen molar-refractivity contribution in [3.63, 3.8) is 0 Å². The van der Waals surface area contributed by atoms with Gasteiger partial charge in [-0.1, -0.05) is 17.7 Å². The van der Waals surface area contributed by atoms with Crippen molar-refractivity contribution in [3.8, 4) is 11.1 Å². The van der Waals surface area contributed by atoms with E-state index < -0.39 is 0 Å². The molecule has 0 radical (unpaired) electrons. The average molecular weight is 291 g/mol. The molecule has 5 heteroatoms. The van der Waals surface area contributed by atoms with Crippen LogP contribution in [-0.4, -0.2) is 9.97 Å². The molecule has 1 aromatic carbocycles. The first-order valence-corrected chi connectivity index (χ1v) is 7.06. The van der Waals surface area contributed by atoms with Crippen LogP contribution >= 0.6 is 22.9 Å². The third-order valence-corrected chi connectivity index (χ3v) is 4.33. The molecule has 0 saturated carbocycles. The predicted octanol–water partition coefficient (Wildman–Crippen LogP) is 3.92. The van der Waals surface area contributed by atoms with Crippen LogP contribution < -0.4 is 5.56 Å². The molecule has 0 saturated heterocycles. The topological polar surface area (TPSA) is 45.8 Å². The smallest absolute Gasteiger partial charge is 0.260 e. The molecule has 1 N–H and O–H groups in total. The molecular weight excluding hydrogens is 280 g/mol. The molecule has 0 spiro atoms. The summed E-state index contributed by atoms with van der Waals surface area (Å²) < 4.78 is 0. The lowest BCUT2D eigenvalue weighted by Crippen LogP contribution is -2.08. The van der Waals surface area contributed by atoms with Gasteiger partial charge in [-0.25, -0.2) is 4.98 Å². The second-order valence-electron chi connectivity index (χ2n) is 4.44. The monoisotopic (exact) mass is 290 g/mol. The number of nitrogens with zero attached hydrogens (tertiary/aromatic N) is 1. The predicted molar refractivity (Wildman–Crippen MR) is 80.2 cm³/mol. The van der Waals surface area contributed by atoms with E-state index in [0.717, 1.165) is 26.5 Å². The van der Waals surface area contributed by atoms with E-state index in [-0.39, 0.29) is 5.56 Å². The van der Waals surface area contributed by atoms with Gasteiger partial charge in [0.05, 0.1) is 5.39 Å². The van der Waals surface area contributed by atoms with Crippen molar-refractivity contribution in [2.45, 2.75) is 13.8 Å². The van der Waals surface area contributed by atoms with Crippen LogP contribution in [0.15, 0.2) is 28.4 Å². The number of aromatic nitrogens is 2. The molecule has 19 heavy (non-hydrogen) atoms. The highest BCUT2D eigenvalue weighted by molar-refractivity contribution is 7.17. The van der Waals surface area contributed by atoms with Crippen LogP contribution in [0.25, 0.3) is 21.3 Å². The maximum Gasteiger partial charge on any atom is 0.260 e.